The Kier molecular flexibility index (Phi) is 3.61. The van der Waals surface area contributed by atoms with Crippen LogP contribution < -0.4 is 5.32 Å². The van der Waals surface area contributed by atoms with Crippen LogP contribution >= 0.6 is 0 Å². The van der Waals surface area contributed by atoms with Gasteiger partial charge in [-0.15, -0.1) is 0 Å². The van der Waals surface area contributed by atoms with E-state index in [0.717, 1.165) is 39.3 Å². The van der Waals surface area contributed by atoms with Gasteiger partial charge in [-0.05, 0) is 13.8 Å². The Balaban J connectivity index is 1.82. The maximum Gasteiger partial charge on any atom is 0.0831 e. The molecule has 2 aliphatic heterocycles. The summed E-state index contributed by atoms with van der Waals surface area (Å²) in [5.74, 6) is 0. The zero-order valence-corrected chi connectivity index (χ0v) is 9.82. The minimum Gasteiger partial charge on any atom is -0.390 e. The minimum atomic E-state index is -0.171. The number of nitrogens with zero attached hydrogens (tertiary/aromatic N) is 2. The van der Waals surface area contributed by atoms with Gasteiger partial charge in [0.1, 0.15) is 0 Å². The van der Waals surface area contributed by atoms with Crippen LogP contribution in [0.2, 0.25) is 0 Å². The van der Waals surface area contributed by atoms with Crippen molar-refractivity contribution >= 4 is 0 Å². The van der Waals surface area contributed by atoms with Crippen molar-refractivity contribution in [3.63, 3.8) is 0 Å². The maximum absolute atomic E-state index is 9.80. The molecule has 2 fully saturated rings. The van der Waals surface area contributed by atoms with Gasteiger partial charge in [0.05, 0.1) is 6.10 Å². The second-order valence-corrected chi connectivity index (χ2v) is 4.96. The average Bonchev–Trinajstić information content (AvgIpc) is 2.65. The predicted molar refractivity (Wildman–Crippen MR) is 60.9 cm³/mol. The van der Waals surface area contributed by atoms with Gasteiger partial charge in [0.15, 0.2) is 0 Å². The summed E-state index contributed by atoms with van der Waals surface area (Å²) in [5.41, 5.74) is 0. The molecule has 2 unspecified atom stereocenters. The summed E-state index contributed by atoms with van der Waals surface area (Å²) in [6.07, 6.45) is -0.171. The predicted octanol–water partition coefficient (Wildman–Crippen LogP) is -0.655. The molecule has 2 N–H and O–H groups in total. The van der Waals surface area contributed by atoms with Crippen molar-refractivity contribution in [1.29, 1.82) is 0 Å². The van der Waals surface area contributed by atoms with Crippen molar-refractivity contribution in [2.75, 3.05) is 39.3 Å². The number of β-amino-alcohol motifs (C(OH)–C–C–N with tert-alkyl or cyclic N) is 1. The lowest BCUT2D eigenvalue weighted by molar-refractivity contribution is 0.0359. The van der Waals surface area contributed by atoms with Gasteiger partial charge < -0.3 is 10.4 Å². The lowest BCUT2D eigenvalue weighted by Crippen LogP contribution is -2.54. The van der Waals surface area contributed by atoms with Crippen LogP contribution in [-0.4, -0.2) is 72.4 Å². The van der Waals surface area contributed by atoms with E-state index in [1.807, 2.05) is 0 Å². The van der Waals surface area contributed by atoms with Crippen LogP contribution in [0, 0.1) is 0 Å². The van der Waals surface area contributed by atoms with Crippen LogP contribution in [0.3, 0.4) is 0 Å². The van der Waals surface area contributed by atoms with E-state index >= 15 is 0 Å². The summed E-state index contributed by atoms with van der Waals surface area (Å²) >= 11 is 0. The molecular weight excluding hydrogens is 190 g/mol. The van der Waals surface area contributed by atoms with Crippen molar-refractivity contribution in [3.8, 4) is 0 Å². The highest BCUT2D eigenvalue weighted by Gasteiger charge is 2.32. The molecule has 0 radical (unpaired) electrons. The molecule has 4 heteroatoms. The Hall–Kier alpha value is -0.160. The summed E-state index contributed by atoms with van der Waals surface area (Å²) in [4.78, 5) is 4.94. The normalized spacial score (nSPS) is 35.2. The third-order valence-electron chi connectivity index (χ3n) is 3.70. The molecule has 15 heavy (non-hydrogen) atoms. The second-order valence-electron chi connectivity index (χ2n) is 4.96. The van der Waals surface area contributed by atoms with Crippen LogP contribution in [0.15, 0.2) is 0 Å². The van der Waals surface area contributed by atoms with E-state index in [1.165, 1.54) is 0 Å². The van der Waals surface area contributed by atoms with Gasteiger partial charge in [0, 0.05) is 51.4 Å². The number of aliphatic hydroxyl groups is 1. The SMILES string of the molecule is CC(C)N1CCN(C2CNCC2O)CC1. The van der Waals surface area contributed by atoms with E-state index < -0.39 is 0 Å². The number of rotatable bonds is 2. The van der Waals surface area contributed by atoms with E-state index in [4.69, 9.17) is 0 Å². The lowest BCUT2D eigenvalue weighted by atomic mass is 10.1. The van der Waals surface area contributed by atoms with Gasteiger partial charge in [-0.1, -0.05) is 0 Å². The molecule has 0 aromatic rings. The van der Waals surface area contributed by atoms with E-state index in [0.29, 0.717) is 12.1 Å². The van der Waals surface area contributed by atoms with Gasteiger partial charge in [0.25, 0.3) is 0 Å². The molecule has 0 amide bonds. The fourth-order valence-electron chi connectivity index (χ4n) is 2.61. The third kappa shape index (κ3) is 2.50. The van der Waals surface area contributed by atoms with Crippen LogP contribution in [0.5, 0.6) is 0 Å². The molecule has 4 nitrogen and oxygen atoms in total. The van der Waals surface area contributed by atoms with Crippen LogP contribution in [0.25, 0.3) is 0 Å². The summed E-state index contributed by atoms with van der Waals surface area (Å²) in [7, 11) is 0. The molecule has 2 rings (SSSR count). The summed E-state index contributed by atoms with van der Waals surface area (Å²) < 4.78 is 0. The third-order valence-corrected chi connectivity index (χ3v) is 3.70. The van der Waals surface area contributed by atoms with E-state index in [-0.39, 0.29) is 6.10 Å². The highest BCUT2D eigenvalue weighted by atomic mass is 16.3. The first-order chi connectivity index (χ1) is 7.18. The number of aliphatic hydroxyl groups excluding tert-OH is 1. The van der Waals surface area contributed by atoms with Crippen LogP contribution in [-0.2, 0) is 0 Å². The quantitative estimate of drug-likeness (QED) is 0.639. The van der Waals surface area contributed by atoms with Gasteiger partial charge in [-0.2, -0.15) is 0 Å². The second kappa shape index (κ2) is 4.78. The highest BCUT2D eigenvalue weighted by Crippen LogP contribution is 2.13. The Morgan fingerprint density at radius 1 is 1.13 bits per heavy atom. The van der Waals surface area contributed by atoms with Crippen molar-refractivity contribution in [3.05, 3.63) is 0 Å². The van der Waals surface area contributed by atoms with Crippen molar-refractivity contribution in [1.82, 2.24) is 15.1 Å². The average molecular weight is 213 g/mol. The molecule has 2 heterocycles. The zero-order chi connectivity index (χ0) is 10.8. The molecular formula is C11H23N3O. The topological polar surface area (TPSA) is 38.7 Å². The van der Waals surface area contributed by atoms with Gasteiger partial charge >= 0.3 is 0 Å². The molecule has 0 spiro atoms. The smallest absolute Gasteiger partial charge is 0.0831 e. The highest BCUT2D eigenvalue weighted by molar-refractivity contribution is 4.90. The molecule has 0 aromatic carbocycles. The Morgan fingerprint density at radius 2 is 1.80 bits per heavy atom. The van der Waals surface area contributed by atoms with E-state index in [9.17, 15) is 5.11 Å². The zero-order valence-electron chi connectivity index (χ0n) is 9.82. The number of hydrogen-bond donors (Lipinski definition) is 2. The molecule has 0 aliphatic carbocycles. The fraction of sp³-hybridized carbons (Fsp3) is 1.00. The molecule has 2 saturated heterocycles. The van der Waals surface area contributed by atoms with Gasteiger partial charge in [-0.25, -0.2) is 0 Å². The van der Waals surface area contributed by atoms with Crippen LogP contribution in [0.1, 0.15) is 13.8 Å². The summed E-state index contributed by atoms with van der Waals surface area (Å²) in [6, 6.07) is 0.998. The molecule has 2 atom stereocenters. The number of nitrogens with one attached hydrogen (secondary N) is 1. The van der Waals surface area contributed by atoms with Crippen LogP contribution in [0.4, 0.5) is 0 Å². The number of piperazine rings is 1. The first kappa shape index (κ1) is 11.3. The lowest BCUT2D eigenvalue weighted by Gasteiger charge is -2.40. The first-order valence-electron chi connectivity index (χ1n) is 6.05. The minimum absolute atomic E-state index is 0.171. The Morgan fingerprint density at radius 3 is 2.27 bits per heavy atom. The van der Waals surface area contributed by atoms with E-state index in [1.54, 1.807) is 0 Å². The standard InChI is InChI=1S/C11H23N3O/c1-9(2)13-3-5-14(6-4-13)10-7-12-8-11(10)15/h9-12,15H,3-8H2,1-2H3. The fourth-order valence-corrected chi connectivity index (χ4v) is 2.61. The molecule has 0 saturated carbocycles. The first-order valence-corrected chi connectivity index (χ1v) is 6.05. The van der Waals surface area contributed by atoms with Crippen molar-refractivity contribution in [2.24, 2.45) is 0 Å². The number of hydrogen-bond acceptors (Lipinski definition) is 4. The largest absolute Gasteiger partial charge is 0.390 e. The summed E-state index contributed by atoms with van der Waals surface area (Å²) in [6.45, 7) is 10.7. The van der Waals surface area contributed by atoms with E-state index in [2.05, 4.69) is 29.0 Å². The molecule has 0 bridgehead atoms. The van der Waals surface area contributed by atoms with Gasteiger partial charge in [-0.3, -0.25) is 9.80 Å². The van der Waals surface area contributed by atoms with Crippen molar-refractivity contribution in [2.45, 2.75) is 32.0 Å². The molecule has 2 aliphatic rings. The Labute approximate surface area is 92.2 Å². The summed E-state index contributed by atoms with van der Waals surface area (Å²) in [5, 5.41) is 13.0. The maximum atomic E-state index is 9.80. The van der Waals surface area contributed by atoms with Gasteiger partial charge in [0.2, 0.25) is 0 Å². The molecule has 88 valence electrons. The Bertz CT molecular complexity index is 202. The van der Waals surface area contributed by atoms with Crippen molar-refractivity contribution < 1.29 is 5.11 Å². The monoisotopic (exact) mass is 213 g/mol. The molecule has 0 aromatic heterocycles.